The number of nitrogens with zero attached hydrogens (tertiary/aromatic N) is 2. The number of morpholine rings is 1. The van der Waals surface area contributed by atoms with Crippen molar-refractivity contribution in [3.63, 3.8) is 0 Å². The Kier molecular flexibility index (Phi) is 5.05. The number of rotatable bonds is 3. The minimum Gasteiger partial charge on any atom is -0.366 e. The number of hydrogen-bond donors (Lipinski definition) is 1. The smallest absolute Gasteiger partial charge is 0.257 e. The van der Waals surface area contributed by atoms with Crippen LogP contribution in [-0.4, -0.2) is 29.8 Å². The Labute approximate surface area is 121 Å². The van der Waals surface area contributed by atoms with Gasteiger partial charge in [-0.2, -0.15) is 4.98 Å². The van der Waals surface area contributed by atoms with Gasteiger partial charge in [-0.05, 0) is 17.7 Å². The molecule has 1 N–H and O–H groups in total. The summed E-state index contributed by atoms with van der Waals surface area (Å²) in [6.07, 6.45) is 0.254. The summed E-state index contributed by atoms with van der Waals surface area (Å²) in [5.74, 6) is 0.745. The average molecular weight is 300 g/mol. The predicted molar refractivity (Wildman–Crippen MR) is 72.3 cm³/mol. The molecule has 3 rings (SSSR count). The van der Waals surface area contributed by atoms with Gasteiger partial charge in [0.15, 0.2) is 5.82 Å². The molecule has 1 atom stereocenters. The van der Waals surface area contributed by atoms with Crippen LogP contribution in [0.4, 0.5) is 4.39 Å². The van der Waals surface area contributed by atoms with Gasteiger partial charge >= 0.3 is 0 Å². The number of hydrogen-bond acceptors (Lipinski definition) is 5. The Morgan fingerprint density at radius 2 is 2.30 bits per heavy atom. The van der Waals surface area contributed by atoms with Crippen LogP contribution in [0.3, 0.4) is 0 Å². The largest absolute Gasteiger partial charge is 0.366 e. The van der Waals surface area contributed by atoms with Gasteiger partial charge in [0.2, 0.25) is 0 Å². The second kappa shape index (κ2) is 6.78. The highest BCUT2D eigenvalue weighted by Gasteiger charge is 2.22. The van der Waals surface area contributed by atoms with Gasteiger partial charge in [-0.3, -0.25) is 0 Å². The van der Waals surface area contributed by atoms with Crippen LogP contribution in [0.1, 0.15) is 23.4 Å². The van der Waals surface area contributed by atoms with Crippen LogP contribution < -0.4 is 5.32 Å². The van der Waals surface area contributed by atoms with Crippen LogP contribution in [0.15, 0.2) is 28.8 Å². The van der Waals surface area contributed by atoms with Crippen LogP contribution in [0.2, 0.25) is 0 Å². The van der Waals surface area contributed by atoms with E-state index in [9.17, 15) is 4.39 Å². The number of halogens is 2. The van der Waals surface area contributed by atoms with Crippen LogP contribution >= 0.6 is 12.4 Å². The van der Waals surface area contributed by atoms with Crippen LogP contribution in [0.5, 0.6) is 0 Å². The van der Waals surface area contributed by atoms with E-state index in [1.54, 1.807) is 6.07 Å². The highest BCUT2D eigenvalue weighted by atomic mass is 35.5. The molecule has 2 heterocycles. The van der Waals surface area contributed by atoms with Gasteiger partial charge in [0.25, 0.3) is 5.89 Å². The van der Waals surface area contributed by atoms with Crippen LogP contribution in [0, 0.1) is 5.82 Å². The molecule has 0 bridgehead atoms. The SMILES string of the molecule is Cl.Fc1cccc(Cc2noc([C@H]3CNCCO3)n2)c1. The summed E-state index contributed by atoms with van der Waals surface area (Å²) >= 11 is 0. The highest BCUT2D eigenvalue weighted by Crippen LogP contribution is 2.17. The fourth-order valence-corrected chi connectivity index (χ4v) is 2.02. The monoisotopic (exact) mass is 299 g/mol. The van der Waals surface area contributed by atoms with E-state index in [1.165, 1.54) is 12.1 Å². The molecule has 0 unspecified atom stereocenters. The molecule has 0 aliphatic carbocycles. The maximum absolute atomic E-state index is 13.1. The minimum atomic E-state index is -0.263. The molecule has 0 amide bonds. The van der Waals surface area contributed by atoms with Crippen molar-refractivity contribution in [2.45, 2.75) is 12.5 Å². The van der Waals surface area contributed by atoms with Crippen LogP contribution in [-0.2, 0) is 11.2 Å². The van der Waals surface area contributed by atoms with E-state index < -0.39 is 0 Å². The van der Waals surface area contributed by atoms with E-state index in [1.807, 2.05) is 6.07 Å². The summed E-state index contributed by atoms with van der Waals surface area (Å²) in [7, 11) is 0. The molecule has 1 saturated heterocycles. The third kappa shape index (κ3) is 3.53. The zero-order valence-corrected chi connectivity index (χ0v) is 11.5. The molecule has 2 aromatic rings. The van der Waals surface area contributed by atoms with E-state index in [-0.39, 0.29) is 24.3 Å². The zero-order valence-electron chi connectivity index (χ0n) is 10.7. The summed E-state index contributed by atoms with van der Waals surface area (Å²) in [5, 5.41) is 7.10. The van der Waals surface area contributed by atoms with Crippen molar-refractivity contribution in [1.29, 1.82) is 0 Å². The summed E-state index contributed by atoms with van der Waals surface area (Å²) in [4.78, 5) is 4.29. The second-order valence-corrected chi connectivity index (χ2v) is 4.42. The van der Waals surface area contributed by atoms with Gasteiger partial charge in [-0.15, -0.1) is 12.4 Å². The van der Waals surface area contributed by atoms with Crippen molar-refractivity contribution >= 4 is 12.4 Å². The maximum atomic E-state index is 13.1. The zero-order chi connectivity index (χ0) is 13.1. The van der Waals surface area contributed by atoms with Crippen molar-refractivity contribution in [1.82, 2.24) is 15.5 Å². The fraction of sp³-hybridized carbons (Fsp3) is 0.385. The lowest BCUT2D eigenvalue weighted by molar-refractivity contribution is 0.00755. The lowest BCUT2D eigenvalue weighted by Gasteiger charge is -2.19. The molecule has 5 nitrogen and oxygen atoms in total. The second-order valence-electron chi connectivity index (χ2n) is 4.42. The van der Waals surface area contributed by atoms with Gasteiger partial charge in [0, 0.05) is 19.5 Å². The highest BCUT2D eigenvalue weighted by molar-refractivity contribution is 5.85. The predicted octanol–water partition coefficient (Wildman–Crippen LogP) is 1.88. The van der Waals surface area contributed by atoms with Gasteiger partial charge < -0.3 is 14.6 Å². The van der Waals surface area contributed by atoms with Gasteiger partial charge in [-0.1, -0.05) is 17.3 Å². The standard InChI is InChI=1S/C13H14FN3O2.ClH/c14-10-3-1-2-9(6-10)7-12-16-13(19-17-12)11-8-15-4-5-18-11;/h1-3,6,11,15H,4-5,7-8H2;1H/t11-;/m1./s1. The molecule has 1 aliphatic rings. The number of aromatic nitrogens is 2. The Bertz CT molecular complexity index is 558. The molecule has 0 saturated carbocycles. The van der Waals surface area contributed by atoms with E-state index in [0.717, 1.165) is 12.1 Å². The molecule has 1 aromatic carbocycles. The molecule has 0 spiro atoms. The summed E-state index contributed by atoms with van der Waals surface area (Å²) in [5.41, 5.74) is 0.815. The minimum absolute atomic E-state index is 0. The molecular formula is C13H15ClFN3O2. The first kappa shape index (κ1) is 14.9. The molecule has 108 valence electrons. The van der Waals surface area contributed by atoms with Crippen LogP contribution in [0.25, 0.3) is 0 Å². The molecule has 1 aromatic heterocycles. The maximum Gasteiger partial charge on any atom is 0.257 e. The molecule has 20 heavy (non-hydrogen) atoms. The summed E-state index contributed by atoms with van der Waals surface area (Å²) in [6.45, 7) is 2.13. The van der Waals surface area contributed by atoms with E-state index >= 15 is 0 Å². The Morgan fingerprint density at radius 1 is 1.40 bits per heavy atom. The van der Waals surface area contributed by atoms with Crippen molar-refractivity contribution in [2.75, 3.05) is 19.7 Å². The number of benzene rings is 1. The third-order valence-electron chi connectivity index (χ3n) is 2.94. The number of ether oxygens (including phenoxy) is 1. The number of nitrogens with one attached hydrogen (secondary N) is 1. The Hall–Kier alpha value is -1.50. The van der Waals surface area contributed by atoms with E-state index in [4.69, 9.17) is 9.26 Å². The first-order valence-electron chi connectivity index (χ1n) is 6.20. The Balaban J connectivity index is 0.00000147. The van der Waals surface area contributed by atoms with Gasteiger partial charge in [0.05, 0.1) is 6.61 Å². The first-order valence-corrected chi connectivity index (χ1v) is 6.20. The Morgan fingerprint density at radius 3 is 3.05 bits per heavy atom. The fourth-order valence-electron chi connectivity index (χ4n) is 2.02. The molecule has 0 radical (unpaired) electrons. The topological polar surface area (TPSA) is 60.2 Å². The van der Waals surface area contributed by atoms with E-state index in [2.05, 4.69) is 15.5 Å². The van der Waals surface area contributed by atoms with Crippen molar-refractivity contribution < 1.29 is 13.7 Å². The van der Waals surface area contributed by atoms with Crippen molar-refractivity contribution in [3.05, 3.63) is 47.4 Å². The molecule has 7 heteroatoms. The van der Waals surface area contributed by atoms with Gasteiger partial charge in [0.1, 0.15) is 11.9 Å². The molecule has 1 fully saturated rings. The average Bonchev–Trinajstić information content (AvgIpc) is 2.88. The quantitative estimate of drug-likeness (QED) is 0.938. The van der Waals surface area contributed by atoms with E-state index in [0.29, 0.717) is 31.3 Å². The summed E-state index contributed by atoms with van der Waals surface area (Å²) in [6, 6.07) is 6.37. The van der Waals surface area contributed by atoms with Crippen molar-refractivity contribution in [2.24, 2.45) is 0 Å². The lowest BCUT2D eigenvalue weighted by atomic mass is 10.1. The van der Waals surface area contributed by atoms with Crippen molar-refractivity contribution in [3.8, 4) is 0 Å². The first-order chi connectivity index (χ1) is 9.31. The molecule has 1 aliphatic heterocycles. The van der Waals surface area contributed by atoms with Gasteiger partial charge in [-0.25, -0.2) is 4.39 Å². The summed E-state index contributed by atoms with van der Waals surface area (Å²) < 4.78 is 23.8. The lowest BCUT2D eigenvalue weighted by Crippen LogP contribution is -2.33. The normalized spacial score (nSPS) is 18.6. The molecular weight excluding hydrogens is 285 g/mol. The third-order valence-corrected chi connectivity index (χ3v) is 2.94.